The highest BCUT2D eigenvalue weighted by Crippen LogP contribution is 2.24. The zero-order valence-corrected chi connectivity index (χ0v) is 15.0. The molecule has 128 valence electrons. The van der Waals surface area contributed by atoms with Crippen LogP contribution in [0, 0.1) is 5.92 Å². The van der Waals surface area contributed by atoms with Gasteiger partial charge < -0.3 is 4.90 Å². The Morgan fingerprint density at radius 1 is 1.13 bits per heavy atom. The van der Waals surface area contributed by atoms with Crippen LogP contribution in [0.5, 0.6) is 0 Å². The monoisotopic (exact) mass is 338 g/mol. The number of nitrogens with zero attached hydrogens (tertiary/aromatic N) is 2. The fourth-order valence-corrected chi connectivity index (χ4v) is 4.01. The average molecular weight is 338 g/mol. The first-order chi connectivity index (χ1) is 10.8. The Balaban J connectivity index is 2.13. The van der Waals surface area contributed by atoms with Gasteiger partial charge in [0, 0.05) is 33.3 Å². The zero-order chi connectivity index (χ0) is 17.0. The fraction of sp³-hybridized carbons (Fsp3) is 0.588. The summed E-state index contributed by atoms with van der Waals surface area (Å²) in [7, 11) is 1.24. The first-order valence-electron chi connectivity index (χ1n) is 8.10. The van der Waals surface area contributed by atoms with Crippen LogP contribution in [0.25, 0.3) is 0 Å². The van der Waals surface area contributed by atoms with Crippen LogP contribution < -0.4 is 0 Å². The third-order valence-electron chi connectivity index (χ3n) is 4.46. The summed E-state index contributed by atoms with van der Waals surface area (Å²) in [6.45, 7) is 0.740. The van der Waals surface area contributed by atoms with Crippen molar-refractivity contribution in [2.24, 2.45) is 5.92 Å². The van der Waals surface area contributed by atoms with Crippen molar-refractivity contribution < 1.29 is 13.2 Å². The first-order valence-corrected chi connectivity index (χ1v) is 9.54. The normalized spacial score (nSPS) is 16.5. The first kappa shape index (κ1) is 17.9. The highest BCUT2D eigenvalue weighted by molar-refractivity contribution is 7.89. The molecule has 0 heterocycles. The second kappa shape index (κ2) is 7.45. The van der Waals surface area contributed by atoms with E-state index in [0.717, 1.165) is 10.8 Å². The van der Waals surface area contributed by atoms with Gasteiger partial charge in [-0.2, -0.15) is 0 Å². The Morgan fingerprint density at radius 3 is 2.39 bits per heavy atom. The van der Waals surface area contributed by atoms with E-state index in [-0.39, 0.29) is 10.8 Å². The lowest BCUT2D eigenvalue weighted by molar-refractivity contribution is 0.0760. The van der Waals surface area contributed by atoms with Crippen molar-refractivity contribution in [3.8, 4) is 0 Å². The summed E-state index contributed by atoms with van der Waals surface area (Å²) in [5.41, 5.74) is 0.422. The quantitative estimate of drug-likeness (QED) is 0.829. The summed E-state index contributed by atoms with van der Waals surface area (Å²) in [4.78, 5) is 14.5. The molecule has 1 saturated carbocycles. The maximum absolute atomic E-state index is 12.6. The lowest BCUT2D eigenvalue weighted by Gasteiger charge is -2.27. The van der Waals surface area contributed by atoms with Gasteiger partial charge >= 0.3 is 0 Å². The molecule has 0 saturated heterocycles. The number of amides is 1. The second-order valence-electron chi connectivity index (χ2n) is 6.50. The van der Waals surface area contributed by atoms with E-state index in [1.54, 1.807) is 24.1 Å². The van der Waals surface area contributed by atoms with Crippen molar-refractivity contribution in [3.05, 3.63) is 29.8 Å². The van der Waals surface area contributed by atoms with Crippen molar-refractivity contribution in [1.29, 1.82) is 0 Å². The summed E-state index contributed by atoms with van der Waals surface area (Å²) in [5.74, 6) is 0.442. The van der Waals surface area contributed by atoms with Crippen LogP contribution in [-0.4, -0.2) is 51.2 Å². The number of hydrogen-bond acceptors (Lipinski definition) is 3. The molecule has 0 bridgehead atoms. The molecule has 6 heteroatoms. The molecule has 1 aliphatic carbocycles. The number of sulfonamides is 1. The van der Waals surface area contributed by atoms with Crippen LogP contribution in [-0.2, 0) is 10.0 Å². The molecule has 1 fully saturated rings. The van der Waals surface area contributed by atoms with Gasteiger partial charge in [-0.15, -0.1) is 0 Å². The average Bonchev–Trinajstić information content (AvgIpc) is 2.55. The van der Waals surface area contributed by atoms with Crippen molar-refractivity contribution >= 4 is 15.9 Å². The molecule has 0 radical (unpaired) electrons. The van der Waals surface area contributed by atoms with E-state index in [9.17, 15) is 13.2 Å². The summed E-state index contributed by atoms with van der Waals surface area (Å²) < 4.78 is 25.5. The molecule has 0 atom stereocenters. The maximum atomic E-state index is 12.6. The van der Waals surface area contributed by atoms with Crippen molar-refractivity contribution in [2.45, 2.75) is 37.0 Å². The van der Waals surface area contributed by atoms with Gasteiger partial charge in [0.2, 0.25) is 10.0 Å². The predicted octanol–water partition coefficient (Wildman–Crippen LogP) is 2.59. The van der Waals surface area contributed by atoms with E-state index in [4.69, 9.17) is 0 Å². The summed E-state index contributed by atoms with van der Waals surface area (Å²) in [5, 5.41) is 0. The Morgan fingerprint density at radius 2 is 1.78 bits per heavy atom. The number of carbonyl (C=O) groups excluding carboxylic acids is 1. The van der Waals surface area contributed by atoms with E-state index in [1.807, 2.05) is 0 Å². The minimum absolute atomic E-state index is 0.119. The van der Waals surface area contributed by atoms with Gasteiger partial charge in [0.05, 0.1) is 4.90 Å². The third-order valence-corrected chi connectivity index (χ3v) is 6.27. The van der Waals surface area contributed by atoms with Gasteiger partial charge in [-0.25, -0.2) is 12.7 Å². The molecular weight excluding hydrogens is 312 g/mol. The van der Waals surface area contributed by atoms with Gasteiger partial charge in [-0.3, -0.25) is 4.79 Å². The molecule has 23 heavy (non-hydrogen) atoms. The van der Waals surface area contributed by atoms with Crippen molar-refractivity contribution in [3.63, 3.8) is 0 Å². The van der Waals surface area contributed by atoms with Crippen LogP contribution >= 0.6 is 0 Å². The Hall–Kier alpha value is -1.40. The largest absolute Gasteiger partial charge is 0.341 e. The zero-order valence-electron chi connectivity index (χ0n) is 14.2. The Bertz CT molecular complexity index is 650. The molecule has 0 unspecified atom stereocenters. The van der Waals surface area contributed by atoms with E-state index < -0.39 is 10.0 Å². The van der Waals surface area contributed by atoms with E-state index in [2.05, 4.69) is 0 Å². The summed E-state index contributed by atoms with van der Waals surface area (Å²) >= 11 is 0. The van der Waals surface area contributed by atoms with E-state index in [0.29, 0.717) is 11.5 Å². The minimum atomic E-state index is -3.52. The van der Waals surface area contributed by atoms with Crippen LogP contribution in [0.4, 0.5) is 0 Å². The molecule has 2 rings (SSSR count). The van der Waals surface area contributed by atoms with Gasteiger partial charge in [-0.1, -0.05) is 25.3 Å². The van der Waals surface area contributed by atoms with Gasteiger partial charge in [0.25, 0.3) is 5.91 Å². The molecule has 1 aromatic rings. The van der Waals surface area contributed by atoms with E-state index in [1.165, 1.54) is 58.3 Å². The summed E-state index contributed by atoms with van der Waals surface area (Å²) in [6, 6.07) is 6.29. The molecule has 5 nitrogen and oxygen atoms in total. The van der Waals surface area contributed by atoms with Crippen LogP contribution in [0.3, 0.4) is 0 Å². The molecular formula is C17H26N2O3S. The van der Waals surface area contributed by atoms with Gasteiger partial charge in [0.15, 0.2) is 0 Å². The molecule has 1 aliphatic rings. The van der Waals surface area contributed by atoms with Crippen LogP contribution in [0.1, 0.15) is 42.5 Å². The van der Waals surface area contributed by atoms with E-state index >= 15 is 0 Å². The fourth-order valence-electron chi connectivity index (χ4n) is 3.06. The Kier molecular flexibility index (Phi) is 5.81. The smallest absolute Gasteiger partial charge is 0.253 e. The maximum Gasteiger partial charge on any atom is 0.253 e. The third kappa shape index (κ3) is 4.32. The topological polar surface area (TPSA) is 57.7 Å². The number of rotatable bonds is 5. The standard InChI is InChI=1S/C17H26N2O3S/c1-18(2)23(21,22)16-11-7-10-15(12-16)17(20)19(3)13-14-8-5-4-6-9-14/h7,10-12,14H,4-6,8-9,13H2,1-3H3. The second-order valence-corrected chi connectivity index (χ2v) is 8.66. The number of hydrogen-bond donors (Lipinski definition) is 0. The molecule has 0 spiro atoms. The molecule has 0 aliphatic heterocycles. The predicted molar refractivity (Wildman–Crippen MR) is 90.9 cm³/mol. The number of carbonyl (C=O) groups is 1. The molecule has 1 amide bonds. The highest BCUT2D eigenvalue weighted by Gasteiger charge is 2.22. The van der Waals surface area contributed by atoms with Gasteiger partial charge in [0.1, 0.15) is 0 Å². The van der Waals surface area contributed by atoms with Gasteiger partial charge in [-0.05, 0) is 37.0 Å². The highest BCUT2D eigenvalue weighted by atomic mass is 32.2. The van der Waals surface area contributed by atoms with Crippen LogP contribution in [0.2, 0.25) is 0 Å². The molecule has 0 aromatic heterocycles. The summed E-state index contributed by atoms with van der Waals surface area (Å²) in [6.07, 6.45) is 6.12. The lowest BCUT2D eigenvalue weighted by Crippen LogP contribution is -2.32. The Labute approximate surface area is 139 Å². The minimum Gasteiger partial charge on any atom is -0.341 e. The van der Waals surface area contributed by atoms with Crippen molar-refractivity contribution in [2.75, 3.05) is 27.7 Å². The molecule has 0 N–H and O–H groups in total. The number of benzene rings is 1. The molecule has 1 aromatic carbocycles. The SMILES string of the molecule is CN(CC1CCCCC1)C(=O)c1cccc(S(=O)(=O)N(C)C)c1. The van der Waals surface area contributed by atoms with Crippen LogP contribution in [0.15, 0.2) is 29.2 Å². The lowest BCUT2D eigenvalue weighted by atomic mass is 9.89. The van der Waals surface area contributed by atoms with Crippen molar-refractivity contribution in [1.82, 2.24) is 9.21 Å².